The molecule has 4 heteroatoms. The lowest BCUT2D eigenvalue weighted by molar-refractivity contribution is 0.457. The molecule has 2 aromatic heterocycles. The Hall–Kier alpha value is -1.13. The second-order valence-corrected chi connectivity index (χ2v) is 7.07. The summed E-state index contributed by atoms with van der Waals surface area (Å²) in [6.45, 7) is 1.08. The van der Waals surface area contributed by atoms with E-state index in [0.717, 1.165) is 18.3 Å². The van der Waals surface area contributed by atoms with Crippen LogP contribution in [-0.4, -0.2) is 16.1 Å². The van der Waals surface area contributed by atoms with Crippen LogP contribution in [0.1, 0.15) is 55.3 Å². The topological polar surface area (TPSA) is 29.9 Å². The second-order valence-electron chi connectivity index (χ2n) is 6.09. The molecule has 1 N–H and O–H groups in total. The van der Waals surface area contributed by atoms with Gasteiger partial charge in [-0.05, 0) is 36.8 Å². The molecule has 2 heterocycles. The first-order valence-electron chi connectivity index (χ1n) is 8.08. The highest BCUT2D eigenvalue weighted by atomic mass is 32.1. The second kappa shape index (κ2) is 7.23. The smallest absolute Gasteiger partial charge is 0.131 e. The molecule has 1 unspecified atom stereocenters. The molecule has 0 bridgehead atoms. The zero-order chi connectivity index (χ0) is 14.5. The minimum atomic E-state index is 0.230. The molecule has 1 fully saturated rings. The molecule has 2 aromatic rings. The minimum Gasteiger partial charge on any atom is -0.336 e. The monoisotopic (exact) mass is 303 g/mol. The molecular weight excluding hydrogens is 278 g/mol. The first-order chi connectivity index (χ1) is 10.3. The molecule has 1 atom stereocenters. The fourth-order valence-corrected chi connectivity index (χ4v) is 4.16. The summed E-state index contributed by atoms with van der Waals surface area (Å²) in [6, 6.07) is 4.55. The lowest BCUT2D eigenvalue weighted by Crippen LogP contribution is -2.25. The van der Waals surface area contributed by atoms with Gasteiger partial charge in [-0.15, -0.1) is 11.3 Å². The van der Waals surface area contributed by atoms with Gasteiger partial charge in [-0.1, -0.05) is 31.7 Å². The number of aromatic nitrogens is 2. The lowest BCUT2D eigenvalue weighted by atomic mass is 10.0. The number of thiophene rings is 1. The van der Waals surface area contributed by atoms with Crippen LogP contribution in [0, 0.1) is 5.92 Å². The van der Waals surface area contributed by atoms with E-state index in [9.17, 15) is 0 Å². The third-order valence-electron chi connectivity index (χ3n) is 4.56. The SMILES string of the molecule is Cn1ccnc1C(NCCCC1CCCC1)c1cccs1. The third kappa shape index (κ3) is 3.74. The molecular formula is C17H25N3S. The van der Waals surface area contributed by atoms with Crippen molar-refractivity contribution in [1.29, 1.82) is 0 Å². The van der Waals surface area contributed by atoms with E-state index in [-0.39, 0.29) is 6.04 Å². The average Bonchev–Trinajstić information content (AvgIpc) is 3.21. The number of rotatable bonds is 7. The van der Waals surface area contributed by atoms with Crippen LogP contribution in [0.2, 0.25) is 0 Å². The molecule has 1 aliphatic rings. The molecule has 0 amide bonds. The highest BCUT2D eigenvalue weighted by molar-refractivity contribution is 7.10. The zero-order valence-corrected chi connectivity index (χ0v) is 13.6. The van der Waals surface area contributed by atoms with Gasteiger partial charge in [0.2, 0.25) is 0 Å². The molecule has 21 heavy (non-hydrogen) atoms. The predicted octanol–water partition coefficient (Wildman–Crippen LogP) is 4.13. The summed E-state index contributed by atoms with van der Waals surface area (Å²) in [5, 5.41) is 5.86. The highest BCUT2D eigenvalue weighted by Crippen LogP contribution is 2.29. The Kier molecular flexibility index (Phi) is 5.09. The first kappa shape index (κ1) is 14.8. The Labute approximate surface area is 131 Å². The van der Waals surface area contributed by atoms with Gasteiger partial charge in [-0.2, -0.15) is 0 Å². The molecule has 0 radical (unpaired) electrons. The van der Waals surface area contributed by atoms with Crippen LogP contribution in [0.5, 0.6) is 0 Å². The Balaban J connectivity index is 1.57. The number of nitrogens with one attached hydrogen (secondary N) is 1. The molecule has 0 saturated heterocycles. The summed E-state index contributed by atoms with van der Waals surface area (Å²) in [4.78, 5) is 5.89. The number of aryl methyl sites for hydroxylation is 1. The number of hydrogen-bond donors (Lipinski definition) is 1. The average molecular weight is 303 g/mol. The normalized spacial score (nSPS) is 17.4. The maximum absolute atomic E-state index is 4.54. The van der Waals surface area contributed by atoms with Gasteiger partial charge in [0.05, 0.1) is 0 Å². The van der Waals surface area contributed by atoms with Crippen LogP contribution in [0.3, 0.4) is 0 Å². The first-order valence-corrected chi connectivity index (χ1v) is 8.96. The van der Waals surface area contributed by atoms with Crippen LogP contribution in [0.4, 0.5) is 0 Å². The number of imidazole rings is 1. The van der Waals surface area contributed by atoms with Gasteiger partial charge in [0.15, 0.2) is 0 Å². The zero-order valence-electron chi connectivity index (χ0n) is 12.8. The van der Waals surface area contributed by atoms with E-state index in [1.54, 1.807) is 11.3 Å². The van der Waals surface area contributed by atoms with E-state index in [2.05, 4.69) is 39.4 Å². The van der Waals surface area contributed by atoms with Crippen molar-refractivity contribution in [3.63, 3.8) is 0 Å². The number of nitrogens with zero attached hydrogens (tertiary/aromatic N) is 2. The molecule has 0 aromatic carbocycles. The molecule has 3 nitrogen and oxygen atoms in total. The molecule has 0 spiro atoms. The molecule has 0 aliphatic heterocycles. The van der Waals surface area contributed by atoms with Gasteiger partial charge < -0.3 is 9.88 Å². The standard InChI is InChI=1S/C17H25N3S/c1-20-12-11-19-17(20)16(15-9-5-13-21-15)18-10-4-8-14-6-2-3-7-14/h5,9,11-14,16,18H,2-4,6-8,10H2,1H3. The molecule has 3 rings (SSSR count). The van der Waals surface area contributed by atoms with E-state index in [4.69, 9.17) is 0 Å². The van der Waals surface area contributed by atoms with Crippen molar-refractivity contribution in [2.45, 2.75) is 44.6 Å². The van der Waals surface area contributed by atoms with Gasteiger partial charge in [-0.3, -0.25) is 0 Å². The van der Waals surface area contributed by atoms with E-state index in [1.165, 1.54) is 43.4 Å². The van der Waals surface area contributed by atoms with Crippen molar-refractivity contribution in [2.75, 3.05) is 6.54 Å². The van der Waals surface area contributed by atoms with Crippen molar-refractivity contribution in [3.8, 4) is 0 Å². The van der Waals surface area contributed by atoms with Crippen molar-refractivity contribution < 1.29 is 0 Å². The van der Waals surface area contributed by atoms with Crippen LogP contribution in [0.25, 0.3) is 0 Å². The van der Waals surface area contributed by atoms with E-state index >= 15 is 0 Å². The van der Waals surface area contributed by atoms with Crippen LogP contribution < -0.4 is 5.32 Å². The Morgan fingerprint density at radius 2 is 2.29 bits per heavy atom. The van der Waals surface area contributed by atoms with Gasteiger partial charge in [-0.25, -0.2) is 4.98 Å². The van der Waals surface area contributed by atoms with Gasteiger partial charge >= 0.3 is 0 Å². The van der Waals surface area contributed by atoms with Gasteiger partial charge in [0, 0.05) is 24.3 Å². The fraction of sp³-hybridized carbons (Fsp3) is 0.588. The van der Waals surface area contributed by atoms with E-state index in [1.807, 2.05) is 12.4 Å². The Morgan fingerprint density at radius 1 is 1.43 bits per heavy atom. The van der Waals surface area contributed by atoms with Crippen LogP contribution in [-0.2, 0) is 7.05 Å². The van der Waals surface area contributed by atoms with Gasteiger partial charge in [0.25, 0.3) is 0 Å². The summed E-state index contributed by atoms with van der Waals surface area (Å²) in [6.07, 6.45) is 12.4. The van der Waals surface area contributed by atoms with E-state index < -0.39 is 0 Å². The largest absolute Gasteiger partial charge is 0.336 e. The molecule has 1 saturated carbocycles. The Morgan fingerprint density at radius 3 is 2.95 bits per heavy atom. The highest BCUT2D eigenvalue weighted by Gasteiger charge is 2.19. The maximum Gasteiger partial charge on any atom is 0.131 e. The van der Waals surface area contributed by atoms with Crippen molar-refractivity contribution in [1.82, 2.24) is 14.9 Å². The van der Waals surface area contributed by atoms with E-state index in [0.29, 0.717) is 0 Å². The summed E-state index contributed by atoms with van der Waals surface area (Å²) in [5.41, 5.74) is 0. The Bertz CT molecular complexity index is 526. The number of hydrogen-bond acceptors (Lipinski definition) is 3. The minimum absolute atomic E-state index is 0.230. The van der Waals surface area contributed by atoms with Crippen molar-refractivity contribution in [3.05, 3.63) is 40.6 Å². The van der Waals surface area contributed by atoms with Crippen molar-refractivity contribution >= 4 is 11.3 Å². The van der Waals surface area contributed by atoms with Crippen LogP contribution >= 0.6 is 11.3 Å². The summed E-state index contributed by atoms with van der Waals surface area (Å²) in [5.74, 6) is 2.10. The maximum atomic E-state index is 4.54. The summed E-state index contributed by atoms with van der Waals surface area (Å²) in [7, 11) is 2.07. The van der Waals surface area contributed by atoms with Crippen molar-refractivity contribution in [2.24, 2.45) is 13.0 Å². The third-order valence-corrected chi connectivity index (χ3v) is 5.49. The predicted molar refractivity (Wildman–Crippen MR) is 88.6 cm³/mol. The van der Waals surface area contributed by atoms with Crippen LogP contribution in [0.15, 0.2) is 29.9 Å². The summed E-state index contributed by atoms with van der Waals surface area (Å²) < 4.78 is 2.12. The fourth-order valence-electron chi connectivity index (χ4n) is 3.37. The van der Waals surface area contributed by atoms with Gasteiger partial charge in [0.1, 0.15) is 11.9 Å². The lowest BCUT2D eigenvalue weighted by Gasteiger charge is -2.18. The summed E-state index contributed by atoms with van der Waals surface area (Å²) >= 11 is 1.81. The molecule has 1 aliphatic carbocycles. The molecule has 114 valence electrons. The quantitative estimate of drug-likeness (QED) is 0.779.